The van der Waals surface area contributed by atoms with Gasteiger partial charge in [-0.1, -0.05) is 42.5 Å². The zero-order chi connectivity index (χ0) is 14.8. The first-order valence-electron chi connectivity index (χ1n) is 6.85. The lowest BCUT2D eigenvalue weighted by atomic mass is 10.0. The molecule has 1 heterocycles. The van der Waals surface area contributed by atoms with Crippen molar-refractivity contribution in [1.29, 1.82) is 0 Å². The molecule has 3 aromatic rings. The predicted octanol–water partition coefficient (Wildman–Crippen LogP) is 5.29. The number of allylic oxidation sites excluding steroid dienone is 1. The number of hydrogen-bond acceptors (Lipinski definition) is 2. The molecule has 104 valence electrons. The van der Waals surface area contributed by atoms with Crippen LogP contribution in [0.5, 0.6) is 0 Å². The van der Waals surface area contributed by atoms with Crippen LogP contribution in [0.3, 0.4) is 0 Å². The minimum atomic E-state index is 0.275. The monoisotopic (exact) mass is 294 g/mol. The van der Waals surface area contributed by atoms with E-state index in [1.165, 1.54) is 11.1 Å². The first kappa shape index (κ1) is 13.8. The van der Waals surface area contributed by atoms with Gasteiger partial charge >= 0.3 is 0 Å². The minimum Gasteiger partial charge on any atom is -0.218 e. The molecule has 2 nitrogen and oxygen atoms in total. The Balaban J connectivity index is 2.27. The maximum absolute atomic E-state index is 6.07. The molecule has 0 atom stereocenters. The van der Waals surface area contributed by atoms with Crippen molar-refractivity contribution in [2.75, 3.05) is 0 Å². The van der Waals surface area contributed by atoms with Crippen LogP contribution >= 0.6 is 11.6 Å². The second kappa shape index (κ2) is 5.66. The Labute approximate surface area is 129 Å². The number of aromatic nitrogens is 2. The smallest absolute Gasteiger partial charge is 0.218 e. The van der Waals surface area contributed by atoms with Crippen molar-refractivity contribution in [3.8, 4) is 11.3 Å². The highest BCUT2D eigenvalue weighted by Crippen LogP contribution is 2.29. The van der Waals surface area contributed by atoms with Gasteiger partial charge in [0, 0.05) is 10.9 Å². The molecule has 0 N–H and O–H groups in total. The Morgan fingerprint density at radius 2 is 1.86 bits per heavy atom. The van der Waals surface area contributed by atoms with Gasteiger partial charge in [0.2, 0.25) is 5.28 Å². The van der Waals surface area contributed by atoms with Crippen molar-refractivity contribution < 1.29 is 0 Å². The third kappa shape index (κ3) is 2.67. The molecule has 0 aliphatic rings. The van der Waals surface area contributed by atoms with Gasteiger partial charge in [-0.2, -0.15) is 0 Å². The summed E-state index contributed by atoms with van der Waals surface area (Å²) >= 11 is 6.07. The van der Waals surface area contributed by atoms with Gasteiger partial charge in [0.1, 0.15) is 0 Å². The van der Waals surface area contributed by atoms with Crippen LogP contribution in [0.2, 0.25) is 5.28 Å². The van der Waals surface area contributed by atoms with E-state index in [0.717, 1.165) is 22.2 Å². The average molecular weight is 295 g/mol. The summed E-state index contributed by atoms with van der Waals surface area (Å²) in [5.41, 5.74) is 5.21. The Morgan fingerprint density at radius 1 is 1.05 bits per heavy atom. The Bertz CT molecular complexity index is 838. The van der Waals surface area contributed by atoms with E-state index in [9.17, 15) is 0 Å². The molecule has 0 saturated carbocycles. The van der Waals surface area contributed by atoms with E-state index in [1.807, 2.05) is 37.3 Å². The van der Waals surface area contributed by atoms with Crippen molar-refractivity contribution in [2.24, 2.45) is 0 Å². The van der Waals surface area contributed by atoms with E-state index >= 15 is 0 Å². The van der Waals surface area contributed by atoms with Crippen molar-refractivity contribution in [2.45, 2.75) is 13.8 Å². The average Bonchev–Trinajstić information content (AvgIpc) is 2.49. The maximum Gasteiger partial charge on any atom is 0.223 e. The molecule has 0 aliphatic heterocycles. The molecule has 0 bridgehead atoms. The fraction of sp³-hybridized carbons (Fsp3) is 0.111. The lowest BCUT2D eigenvalue weighted by Crippen LogP contribution is -1.92. The standard InChI is InChI=1S/C18H15ClN2/c1-3-6-13-11-14(10-9-12(13)2)17-15-7-4-5-8-16(15)20-18(19)21-17/h3-11H,1-2H3/b6-3-. The molecule has 0 saturated heterocycles. The van der Waals surface area contributed by atoms with Gasteiger partial charge in [0.25, 0.3) is 0 Å². The second-order valence-corrected chi connectivity index (χ2v) is 5.27. The van der Waals surface area contributed by atoms with Crippen molar-refractivity contribution >= 4 is 28.6 Å². The van der Waals surface area contributed by atoms with Crippen LogP contribution in [0.4, 0.5) is 0 Å². The molecule has 0 unspecified atom stereocenters. The van der Waals surface area contributed by atoms with Crippen molar-refractivity contribution in [1.82, 2.24) is 9.97 Å². The zero-order valence-electron chi connectivity index (χ0n) is 12.0. The number of rotatable bonds is 2. The van der Waals surface area contributed by atoms with Crippen LogP contribution in [0.25, 0.3) is 28.2 Å². The Morgan fingerprint density at radius 3 is 2.67 bits per heavy atom. The summed E-state index contributed by atoms with van der Waals surface area (Å²) in [4.78, 5) is 8.71. The minimum absolute atomic E-state index is 0.275. The van der Waals surface area contributed by atoms with Crippen molar-refractivity contribution in [3.63, 3.8) is 0 Å². The highest BCUT2D eigenvalue weighted by atomic mass is 35.5. The van der Waals surface area contributed by atoms with Crippen molar-refractivity contribution in [3.05, 3.63) is 65.0 Å². The second-order valence-electron chi connectivity index (χ2n) is 4.93. The first-order chi connectivity index (χ1) is 10.2. The molecule has 21 heavy (non-hydrogen) atoms. The van der Waals surface area contributed by atoms with Crippen LogP contribution in [-0.2, 0) is 0 Å². The van der Waals surface area contributed by atoms with E-state index in [2.05, 4.69) is 41.2 Å². The summed E-state index contributed by atoms with van der Waals surface area (Å²) in [7, 11) is 0. The summed E-state index contributed by atoms with van der Waals surface area (Å²) in [5.74, 6) is 0. The zero-order valence-corrected chi connectivity index (χ0v) is 12.7. The number of halogens is 1. The molecule has 3 rings (SSSR count). The number of hydrogen-bond donors (Lipinski definition) is 0. The molecule has 3 heteroatoms. The summed E-state index contributed by atoms with van der Waals surface area (Å²) < 4.78 is 0. The fourth-order valence-corrected chi connectivity index (χ4v) is 2.59. The van der Waals surface area contributed by atoms with Crippen LogP contribution in [-0.4, -0.2) is 9.97 Å². The van der Waals surface area contributed by atoms with E-state index in [4.69, 9.17) is 11.6 Å². The summed E-state index contributed by atoms with van der Waals surface area (Å²) in [6.45, 7) is 4.12. The van der Waals surface area contributed by atoms with Gasteiger partial charge < -0.3 is 0 Å². The van der Waals surface area contributed by atoms with Gasteiger partial charge in [-0.25, -0.2) is 9.97 Å². The predicted molar refractivity (Wildman–Crippen MR) is 89.4 cm³/mol. The highest BCUT2D eigenvalue weighted by Gasteiger charge is 2.09. The normalized spacial score (nSPS) is 11.4. The Kier molecular flexibility index (Phi) is 3.72. The number of fused-ring (bicyclic) bond motifs is 1. The van der Waals surface area contributed by atoms with E-state index in [1.54, 1.807) is 0 Å². The molecular weight excluding hydrogens is 280 g/mol. The molecule has 0 radical (unpaired) electrons. The van der Waals surface area contributed by atoms with Gasteiger partial charge in [0.15, 0.2) is 0 Å². The summed E-state index contributed by atoms with van der Waals surface area (Å²) in [6, 6.07) is 14.2. The molecule has 2 aromatic carbocycles. The molecular formula is C18H15ClN2. The fourth-order valence-electron chi connectivity index (χ4n) is 2.42. The quantitative estimate of drug-likeness (QED) is 0.600. The van der Waals surface area contributed by atoms with Crippen LogP contribution in [0.1, 0.15) is 18.1 Å². The molecule has 0 aliphatic carbocycles. The first-order valence-corrected chi connectivity index (χ1v) is 7.23. The lowest BCUT2D eigenvalue weighted by molar-refractivity contribution is 1.22. The van der Waals surface area contributed by atoms with Crippen LogP contribution in [0.15, 0.2) is 48.5 Å². The number of nitrogens with zero attached hydrogens (tertiary/aromatic N) is 2. The lowest BCUT2D eigenvalue weighted by Gasteiger charge is -2.08. The largest absolute Gasteiger partial charge is 0.223 e. The third-order valence-corrected chi connectivity index (χ3v) is 3.64. The SMILES string of the molecule is C/C=C\c1cc(-c2nc(Cl)nc3ccccc23)ccc1C. The number of benzene rings is 2. The molecule has 0 fully saturated rings. The Hall–Kier alpha value is -2.19. The maximum atomic E-state index is 6.07. The molecule has 1 aromatic heterocycles. The van der Waals surface area contributed by atoms with Crippen LogP contribution in [0, 0.1) is 6.92 Å². The van der Waals surface area contributed by atoms with E-state index in [-0.39, 0.29) is 5.28 Å². The highest BCUT2D eigenvalue weighted by molar-refractivity contribution is 6.28. The van der Waals surface area contributed by atoms with Crippen LogP contribution < -0.4 is 0 Å². The van der Waals surface area contributed by atoms with E-state index < -0.39 is 0 Å². The van der Waals surface area contributed by atoms with Gasteiger partial charge in [0.05, 0.1) is 11.2 Å². The summed E-state index contributed by atoms with van der Waals surface area (Å²) in [6.07, 6.45) is 4.14. The van der Waals surface area contributed by atoms with Gasteiger partial charge in [-0.05, 0) is 48.7 Å². The summed E-state index contributed by atoms with van der Waals surface area (Å²) in [5, 5.41) is 1.29. The number of aryl methyl sites for hydroxylation is 1. The third-order valence-electron chi connectivity index (χ3n) is 3.47. The van der Waals surface area contributed by atoms with Gasteiger partial charge in [-0.15, -0.1) is 0 Å². The molecule has 0 spiro atoms. The number of para-hydroxylation sites is 1. The van der Waals surface area contributed by atoms with Gasteiger partial charge in [-0.3, -0.25) is 0 Å². The van der Waals surface area contributed by atoms with E-state index in [0.29, 0.717) is 0 Å². The topological polar surface area (TPSA) is 25.8 Å². The molecule has 0 amide bonds.